The number of hydrogen-bond donors (Lipinski definition) is 2. The fourth-order valence-electron chi connectivity index (χ4n) is 2.56. The second kappa shape index (κ2) is 6.62. The number of hydrogen-bond acceptors (Lipinski definition) is 2. The molecule has 1 saturated carbocycles. The van der Waals surface area contributed by atoms with Crippen LogP contribution in [0.25, 0.3) is 0 Å². The minimum absolute atomic E-state index is 0.275. The summed E-state index contributed by atoms with van der Waals surface area (Å²) in [6.45, 7) is 0. The van der Waals surface area contributed by atoms with Crippen LogP contribution in [-0.4, -0.2) is 22.2 Å². The van der Waals surface area contributed by atoms with Crippen LogP contribution >= 0.6 is 0 Å². The van der Waals surface area contributed by atoms with Crippen molar-refractivity contribution in [3.8, 4) is 0 Å². The quantitative estimate of drug-likeness (QED) is 0.730. The van der Waals surface area contributed by atoms with Gasteiger partial charge in [-0.05, 0) is 12.8 Å². The highest BCUT2D eigenvalue weighted by Crippen LogP contribution is 2.33. The molecule has 2 N–H and O–H groups in total. The molecule has 4 heteroatoms. The molecule has 98 valence electrons. The molecule has 4 nitrogen and oxygen atoms in total. The molecule has 1 fully saturated rings. The third-order valence-electron chi connectivity index (χ3n) is 3.78. The topological polar surface area (TPSA) is 74.6 Å². The van der Waals surface area contributed by atoms with Gasteiger partial charge in [0.2, 0.25) is 0 Å². The van der Waals surface area contributed by atoms with E-state index in [2.05, 4.69) is 0 Å². The van der Waals surface area contributed by atoms with Gasteiger partial charge in [-0.25, -0.2) is 0 Å². The third-order valence-corrected chi connectivity index (χ3v) is 3.78. The molecule has 0 spiro atoms. The summed E-state index contributed by atoms with van der Waals surface area (Å²) >= 11 is 0. The van der Waals surface area contributed by atoms with E-state index >= 15 is 0 Å². The average molecular weight is 242 g/mol. The van der Waals surface area contributed by atoms with Crippen molar-refractivity contribution in [3.63, 3.8) is 0 Å². The predicted molar refractivity (Wildman–Crippen MR) is 63.9 cm³/mol. The van der Waals surface area contributed by atoms with Gasteiger partial charge in [0.25, 0.3) is 0 Å². The largest absolute Gasteiger partial charge is 0.480 e. The fraction of sp³-hybridized carbons (Fsp3) is 0.846. The molecule has 0 radical (unpaired) electrons. The summed E-state index contributed by atoms with van der Waals surface area (Å²) in [5.41, 5.74) is -1.54. The number of carbonyl (C=O) groups is 2. The summed E-state index contributed by atoms with van der Waals surface area (Å²) in [5, 5.41) is 18.5. The number of carboxylic acids is 2. The Morgan fingerprint density at radius 1 is 0.647 bits per heavy atom. The normalized spacial score (nSPS) is 22.4. The predicted octanol–water partition coefficient (Wildman–Crippen LogP) is 3.06. The summed E-state index contributed by atoms with van der Waals surface area (Å²) in [6, 6.07) is 0. The van der Waals surface area contributed by atoms with E-state index in [-0.39, 0.29) is 12.8 Å². The van der Waals surface area contributed by atoms with Crippen molar-refractivity contribution in [1.29, 1.82) is 0 Å². The Morgan fingerprint density at radius 2 is 0.941 bits per heavy atom. The molecule has 0 aromatic carbocycles. The van der Waals surface area contributed by atoms with Crippen LogP contribution in [0.3, 0.4) is 0 Å². The summed E-state index contributed by atoms with van der Waals surface area (Å²) < 4.78 is 0. The van der Waals surface area contributed by atoms with Crippen LogP contribution in [0.4, 0.5) is 0 Å². The van der Waals surface area contributed by atoms with Gasteiger partial charge in [0.1, 0.15) is 0 Å². The van der Waals surface area contributed by atoms with Gasteiger partial charge in [-0.15, -0.1) is 0 Å². The third kappa shape index (κ3) is 3.72. The molecule has 0 amide bonds. The van der Waals surface area contributed by atoms with Gasteiger partial charge in [-0.3, -0.25) is 9.59 Å². The highest BCUT2D eigenvalue weighted by atomic mass is 16.4. The smallest absolute Gasteiger partial charge is 0.321 e. The van der Waals surface area contributed by atoms with Crippen LogP contribution in [0.5, 0.6) is 0 Å². The maximum atomic E-state index is 11.3. The minimum Gasteiger partial charge on any atom is -0.480 e. The molecule has 0 atom stereocenters. The first-order chi connectivity index (χ1) is 8.09. The summed E-state index contributed by atoms with van der Waals surface area (Å²) in [7, 11) is 0. The van der Waals surface area contributed by atoms with Gasteiger partial charge >= 0.3 is 11.9 Å². The first-order valence-electron chi connectivity index (χ1n) is 6.56. The Kier molecular flexibility index (Phi) is 5.45. The summed E-state index contributed by atoms with van der Waals surface area (Å²) in [5.74, 6) is -2.33. The lowest BCUT2D eigenvalue weighted by molar-refractivity contribution is -0.166. The average Bonchev–Trinajstić information content (AvgIpc) is 2.32. The molecular formula is C13H22O4. The van der Waals surface area contributed by atoms with Crippen LogP contribution in [0.15, 0.2) is 0 Å². The van der Waals surface area contributed by atoms with Crippen molar-refractivity contribution >= 4 is 11.9 Å². The lowest BCUT2D eigenvalue weighted by atomic mass is 9.78. The van der Waals surface area contributed by atoms with E-state index in [1.54, 1.807) is 0 Å². The molecule has 0 unspecified atom stereocenters. The molecular weight excluding hydrogens is 220 g/mol. The highest BCUT2D eigenvalue weighted by molar-refractivity contribution is 5.98. The fourth-order valence-corrected chi connectivity index (χ4v) is 2.56. The van der Waals surface area contributed by atoms with Crippen LogP contribution in [0.1, 0.15) is 64.2 Å². The number of carboxylic acid groups (broad SMARTS) is 2. The molecule has 0 aromatic heterocycles. The van der Waals surface area contributed by atoms with Crippen molar-refractivity contribution in [3.05, 3.63) is 0 Å². The molecule has 1 aliphatic carbocycles. The monoisotopic (exact) mass is 242 g/mol. The van der Waals surface area contributed by atoms with Gasteiger partial charge in [0, 0.05) is 0 Å². The first-order valence-corrected chi connectivity index (χ1v) is 6.56. The Balaban J connectivity index is 2.74. The van der Waals surface area contributed by atoms with Crippen molar-refractivity contribution in [2.24, 2.45) is 5.41 Å². The molecule has 0 bridgehead atoms. The van der Waals surface area contributed by atoms with Crippen molar-refractivity contribution in [2.45, 2.75) is 64.2 Å². The van der Waals surface area contributed by atoms with Crippen LogP contribution in [-0.2, 0) is 9.59 Å². The summed E-state index contributed by atoms with van der Waals surface area (Å²) in [6.07, 6.45) is 8.42. The van der Waals surface area contributed by atoms with E-state index in [4.69, 9.17) is 0 Å². The molecule has 0 heterocycles. The zero-order chi connectivity index (χ0) is 12.7. The van der Waals surface area contributed by atoms with Crippen molar-refractivity contribution < 1.29 is 19.8 Å². The van der Waals surface area contributed by atoms with E-state index in [0.29, 0.717) is 12.8 Å². The van der Waals surface area contributed by atoms with Gasteiger partial charge in [-0.2, -0.15) is 0 Å². The maximum Gasteiger partial charge on any atom is 0.321 e. The second-order valence-corrected chi connectivity index (χ2v) is 5.02. The highest BCUT2D eigenvalue weighted by Gasteiger charge is 2.45. The zero-order valence-corrected chi connectivity index (χ0v) is 10.3. The number of aliphatic carboxylic acids is 2. The zero-order valence-electron chi connectivity index (χ0n) is 10.3. The lowest BCUT2D eigenvalue weighted by Gasteiger charge is -2.24. The lowest BCUT2D eigenvalue weighted by Crippen LogP contribution is -2.39. The van der Waals surface area contributed by atoms with Gasteiger partial charge in [-0.1, -0.05) is 51.4 Å². The molecule has 1 aliphatic rings. The van der Waals surface area contributed by atoms with E-state index in [1.165, 1.54) is 12.8 Å². The molecule has 0 saturated heterocycles. The van der Waals surface area contributed by atoms with Crippen LogP contribution in [0, 0.1) is 5.41 Å². The van der Waals surface area contributed by atoms with E-state index in [9.17, 15) is 19.8 Å². The Bertz CT molecular complexity index is 245. The Labute approximate surface area is 102 Å². The standard InChI is InChI=1S/C13H22O4/c14-11(15)13(12(16)17)9-7-5-3-1-2-4-6-8-10-13/h1-10H2,(H,14,15)(H,16,17). The molecule has 0 aromatic rings. The molecule has 1 rings (SSSR count). The van der Waals surface area contributed by atoms with E-state index in [1.807, 2.05) is 0 Å². The van der Waals surface area contributed by atoms with Crippen molar-refractivity contribution in [1.82, 2.24) is 0 Å². The van der Waals surface area contributed by atoms with Gasteiger partial charge < -0.3 is 10.2 Å². The Morgan fingerprint density at radius 3 is 1.24 bits per heavy atom. The van der Waals surface area contributed by atoms with Crippen LogP contribution < -0.4 is 0 Å². The number of rotatable bonds is 2. The summed E-state index contributed by atoms with van der Waals surface area (Å²) in [4.78, 5) is 22.6. The maximum absolute atomic E-state index is 11.3. The minimum atomic E-state index is -1.54. The van der Waals surface area contributed by atoms with E-state index < -0.39 is 17.4 Å². The second-order valence-electron chi connectivity index (χ2n) is 5.02. The van der Waals surface area contributed by atoms with E-state index in [0.717, 1.165) is 25.7 Å². The molecule has 17 heavy (non-hydrogen) atoms. The first kappa shape index (κ1) is 14.0. The van der Waals surface area contributed by atoms with Gasteiger partial charge in [0.05, 0.1) is 0 Å². The van der Waals surface area contributed by atoms with Crippen LogP contribution in [0.2, 0.25) is 0 Å². The van der Waals surface area contributed by atoms with Crippen molar-refractivity contribution in [2.75, 3.05) is 0 Å². The molecule has 0 aliphatic heterocycles. The SMILES string of the molecule is O=C(O)C1(C(=O)O)CCCCCCCCCC1. The van der Waals surface area contributed by atoms with Gasteiger partial charge in [0.15, 0.2) is 5.41 Å². The Hall–Kier alpha value is -1.06.